The summed E-state index contributed by atoms with van der Waals surface area (Å²) in [6.45, 7) is 0.828. The topological polar surface area (TPSA) is 119 Å². The Labute approximate surface area is 153 Å². The van der Waals surface area contributed by atoms with Crippen molar-refractivity contribution in [2.45, 2.75) is 6.54 Å². The normalized spacial score (nSPS) is 10.5. The van der Waals surface area contributed by atoms with Crippen molar-refractivity contribution in [1.29, 1.82) is 0 Å². The zero-order valence-electron chi connectivity index (χ0n) is 14.3. The fraction of sp³-hybridized carbons (Fsp3) is 0.167. The zero-order chi connectivity index (χ0) is 19.2. The van der Waals surface area contributed by atoms with Crippen molar-refractivity contribution in [3.63, 3.8) is 0 Å². The molecule has 138 valence electrons. The van der Waals surface area contributed by atoms with Gasteiger partial charge in [0.25, 0.3) is 5.69 Å². The third kappa shape index (κ3) is 4.46. The van der Waals surface area contributed by atoms with Crippen LogP contribution in [0.25, 0.3) is 10.9 Å². The summed E-state index contributed by atoms with van der Waals surface area (Å²) in [5.41, 5.74) is 1.16. The Morgan fingerprint density at radius 1 is 1.11 bits per heavy atom. The lowest BCUT2D eigenvalue weighted by atomic mass is 10.2. The van der Waals surface area contributed by atoms with Crippen LogP contribution in [0.2, 0.25) is 0 Å². The van der Waals surface area contributed by atoms with Crippen molar-refractivity contribution < 1.29 is 9.72 Å². The van der Waals surface area contributed by atoms with Crippen LogP contribution in [0.4, 0.5) is 11.4 Å². The Morgan fingerprint density at radius 3 is 2.59 bits per heavy atom. The summed E-state index contributed by atoms with van der Waals surface area (Å²) in [5.74, 6) is -0.234. The molecule has 1 amide bonds. The van der Waals surface area contributed by atoms with E-state index >= 15 is 0 Å². The second-order valence-electron chi connectivity index (χ2n) is 5.76. The number of nitrogens with zero attached hydrogens (tertiary/aromatic N) is 3. The van der Waals surface area contributed by atoms with E-state index < -0.39 is 4.92 Å². The number of nitro benzene ring substituents is 1. The highest BCUT2D eigenvalue weighted by atomic mass is 16.6. The molecule has 0 unspecified atom stereocenters. The number of hydrogen-bond donors (Lipinski definition) is 2. The molecule has 3 aromatic rings. The van der Waals surface area contributed by atoms with Gasteiger partial charge in [-0.1, -0.05) is 12.1 Å². The van der Waals surface area contributed by atoms with Crippen LogP contribution < -0.4 is 16.1 Å². The maximum absolute atomic E-state index is 12.1. The Morgan fingerprint density at radius 2 is 1.85 bits per heavy atom. The number of rotatable bonds is 7. The fourth-order valence-corrected chi connectivity index (χ4v) is 2.59. The number of benzene rings is 2. The number of aromatic nitrogens is 2. The second kappa shape index (κ2) is 8.09. The van der Waals surface area contributed by atoms with Gasteiger partial charge in [0.2, 0.25) is 11.3 Å². The van der Waals surface area contributed by atoms with E-state index in [1.54, 1.807) is 36.4 Å². The van der Waals surface area contributed by atoms with Gasteiger partial charge in [-0.15, -0.1) is 0 Å². The van der Waals surface area contributed by atoms with Gasteiger partial charge in [0, 0.05) is 36.3 Å². The molecule has 0 radical (unpaired) electrons. The summed E-state index contributed by atoms with van der Waals surface area (Å²) in [6, 6.07) is 13.0. The van der Waals surface area contributed by atoms with Gasteiger partial charge in [-0.3, -0.25) is 24.4 Å². The van der Waals surface area contributed by atoms with Crippen LogP contribution in [-0.2, 0) is 11.3 Å². The fourth-order valence-electron chi connectivity index (χ4n) is 2.59. The predicted octanol–water partition coefficient (Wildman–Crippen LogP) is 1.53. The minimum absolute atomic E-state index is 0.00166. The monoisotopic (exact) mass is 367 g/mol. The number of fused-ring (bicyclic) bond motifs is 1. The largest absolute Gasteiger partial charge is 0.383 e. The highest BCUT2D eigenvalue weighted by molar-refractivity contribution is 5.81. The van der Waals surface area contributed by atoms with E-state index in [1.807, 2.05) is 0 Å². The minimum Gasteiger partial charge on any atom is -0.383 e. The van der Waals surface area contributed by atoms with Crippen LogP contribution in [0.1, 0.15) is 0 Å². The standard InChI is InChI=1S/C18H17N5O4/c24-17-11-21-22(16-4-2-1-3-15(16)17)12-18(25)20-10-9-19-13-5-7-14(8-6-13)23(26)27/h1-8,11,19H,9-10,12H2,(H,20,25). The van der Waals surface area contributed by atoms with Gasteiger partial charge in [0.05, 0.1) is 16.6 Å². The smallest absolute Gasteiger partial charge is 0.269 e. The van der Waals surface area contributed by atoms with Gasteiger partial charge >= 0.3 is 0 Å². The summed E-state index contributed by atoms with van der Waals surface area (Å²) in [4.78, 5) is 34.1. The van der Waals surface area contributed by atoms with Gasteiger partial charge in [0.1, 0.15) is 6.54 Å². The molecule has 3 rings (SSSR count). The molecule has 1 heterocycles. The van der Waals surface area contributed by atoms with E-state index in [9.17, 15) is 19.7 Å². The maximum Gasteiger partial charge on any atom is 0.269 e. The van der Waals surface area contributed by atoms with E-state index in [1.165, 1.54) is 23.0 Å². The summed E-state index contributed by atoms with van der Waals surface area (Å²) in [7, 11) is 0. The maximum atomic E-state index is 12.1. The van der Waals surface area contributed by atoms with Gasteiger partial charge in [0.15, 0.2) is 0 Å². The number of anilines is 1. The molecule has 0 saturated carbocycles. The van der Waals surface area contributed by atoms with Crippen molar-refractivity contribution in [3.05, 3.63) is 75.1 Å². The van der Waals surface area contributed by atoms with Crippen molar-refractivity contribution in [3.8, 4) is 0 Å². The third-order valence-corrected chi connectivity index (χ3v) is 3.91. The first-order valence-corrected chi connectivity index (χ1v) is 8.24. The quantitative estimate of drug-likeness (QED) is 0.371. The lowest BCUT2D eigenvalue weighted by molar-refractivity contribution is -0.384. The lowest BCUT2D eigenvalue weighted by Gasteiger charge is -2.10. The van der Waals surface area contributed by atoms with E-state index in [-0.39, 0.29) is 23.6 Å². The Balaban J connectivity index is 1.51. The molecule has 0 aliphatic carbocycles. The summed E-state index contributed by atoms with van der Waals surface area (Å²) in [5, 5.41) is 21.0. The molecule has 0 bridgehead atoms. The molecule has 0 aliphatic heterocycles. The van der Waals surface area contributed by atoms with Crippen LogP contribution in [0.15, 0.2) is 59.5 Å². The van der Waals surface area contributed by atoms with E-state index in [2.05, 4.69) is 15.7 Å². The van der Waals surface area contributed by atoms with Crippen molar-refractivity contribution in [2.24, 2.45) is 0 Å². The first-order chi connectivity index (χ1) is 13.0. The van der Waals surface area contributed by atoms with Crippen LogP contribution >= 0.6 is 0 Å². The van der Waals surface area contributed by atoms with Crippen LogP contribution in [0, 0.1) is 10.1 Å². The summed E-state index contributed by atoms with van der Waals surface area (Å²) < 4.78 is 1.48. The number of nitro groups is 1. The predicted molar refractivity (Wildman–Crippen MR) is 101 cm³/mol. The Bertz CT molecular complexity index is 1030. The zero-order valence-corrected chi connectivity index (χ0v) is 14.3. The molecule has 0 spiro atoms. The molecule has 2 aromatic carbocycles. The average molecular weight is 367 g/mol. The highest BCUT2D eigenvalue weighted by Gasteiger charge is 2.08. The Kier molecular flexibility index (Phi) is 5.41. The number of hydrogen-bond acceptors (Lipinski definition) is 6. The molecular formula is C18H17N5O4. The van der Waals surface area contributed by atoms with Gasteiger partial charge in [-0.05, 0) is 24.3 Å². The molecule has 0 atom stereocenters. The molecule has 0 saturated heterocycles. The number of amides is 1. The second-order valence-corrected chi connectivity index (χ2v) is 5.76. The SMILES string of the molecule is O=C(Cn1ncc(=O)c2ccccc21)NCCNc1ccc([N+](=O)[O-])cc1. The van der Waals surface area contributed by atoms with E-state index in [0.717, 1.165) is 5.69 Å². The number of carbonyl (C=O) groups is 1. The van der Waals surface area contributed by atoms with Crippen molar-refractivity contribution >= 4 is 28.2 Å². The summed E-state index contributed by atoms with van der Waals surface area (Å²) in [6.07, 6.45) is 1.20. The number of carbonyl (C=O) groups excluding carboxylic acids is 1. The first kappa shape index (κ1) is 18.1. The van der Waals surface area contributed by atoms with Crippen LogP contribution in [0.5, 0.6) is 0 Å². The number of non-ortho nitro benzene ring substituents is 1. The molecule has 1 aromatic heterocycles. The van der Waals surface area contributed by atoms with Crippen molar-refractivity contribution in [2.75, 3.05) is 18.4 Å². The highest BCUT2D eigenvalue weighted by Crippen LogP contribution is 2.14. The molecule has 9 heteroatoms. The van der Waals surface area contributed by atoms with E-state index in [0.29, 0.717) is 24.0 Å². The molecule has 2 N–H and O–H groups in total. The molecule has 27 heavy (non-hydrogen) atoms. The lowest BCUT2D eigenvalue weighted by Crippen LogP contribution is -2.32. The molecule has 0 aliphatic rings. The third-order valence-electron chi connectivity index (χ3n) is 3.91. The number of nitrogens with one attached hydrogen (secondary N) is 2. The summed E-state index contributed by atoms with van der Waals surface area (Å²) >= 11 is 0. The molecule has 0 fully saturated rings. The van der Waals surface area contributed by atoms with E-state index in [4.69, 9.17) is 0 Å². The Hall–Kier alpha value is -3.75. The van der Waals surface area contributed by atoms with Crippen LogP contribution in [-0.4, -0.2) is 33.7 Å². The molecular weight excluding hydrogens is 350 g/mol. The van der Waals surface area contributed by atoms with Crippen LogP contribution in [0.3, 0.4) is 0 Å². The minimum atomic E-state index is -0.460. The van der Waals surface area contributed by atoms with Crippen molar-refractivity contribution in [1.82, 2.24) is 15.1 Å². The van der Waals surface area contributed by atoms with Gasteiger partial charge in [-0.2, -0.15) is 5.10 Å². The van der Waals surface area contributed by atoms with Gasteiger partial charge < -0.3 is 10.6 Å². The first-order valence-electron chi connectivity index (χ1n) is 8.24. The number of para-hydroxylation sites is 1. The molecule has 9 nitrogen and oxygen atoms in total. The van der Waals surface area contributed by atoms with Gasteiger partial charge in [-0.25, -0.2) is 0 Å². The average Bonchev–Trinajstić information content (AvgIpc) is 2.68.